The summed E-state index contributed by atoms with van der Waals surface area (Å²) in [6.07, 6.45) is 11.0. The second kappa shape index (κ2) is 4.86. The Morgan fingerprint density at radius 1 is 1.11 bits per heavy atom. The van der Waals surface area contributed by atoms with Crippen molar-refractivity contribution in [3.05, 3.63) is 0 Å². The smallest absolute Gasteiger partial charge is 0.305 e. The molecular formula is C16H26O2. The number of carbonyl (C=O) groups excluding carboxylic acids is 1. The summed E-state index contributed by atoms with van der Waals surface area (Å²) in [7, 11) is 0. The molecule has 4 fully saturated rings. The first-order valence-electron chi connectivity index (χ1n) is 7.85. The molecule has 4 bridgehead atoms. The Hall–Kier alpha value is -0.530. The summed E-state index contributed by atoms with van der Waals surface area (Å²) in [6.45, 7) is 2.84. The van der Waals surface area contributed by atoms with E-state index in [0.29, 0.717) is 11.8 Å². The molecule has 18 heavy (non-hydrogen) atoms. The molecule has 4 aliphatic carbocycles. The topological polar surface area (TPSA) is 26.3 Å². The van der Waals surface area contributed by atoms with Crippen LogP contribution in [0.25, 0.3) is 0 Å². The molecule has 0 saturated heterocycles. The van der Waals surface area contributed by atoms with E-state index in [-0.39, 0.29) is 5.97 Å². The van der Waals surface area contributed by atoms with Crippen molar-refractivity contribution in [3.63, 3.8) is 0 Å². The van der Waals surface area contributed by atoms with Crippen LogP contribution in [0.1, 0.15) is 64.7 Å². The molecule has 4 aliphatic rings. The largest absolute Gasteiger partial charge is 0.465 e. The number of carbonyl (C=O) groups is 1. The zero-order chi connectivity index (χ0) is 12.6. The van der Waals surface area contributed by atoms with E-state index in [9.17, 15) is 4.79 Å². The molecule has 0 aromatic rings. The molecule has 0 aliphatic heterocycles. The highest BCUT2D eigenvalue weighted by Crippen LogP contribution is 2.60. The molecule has 4 saturated carbocycles. The molecule has 102 valence electrons. The van der Waals surface area contributed by atoms with Crippen LogP contribution in [-0.2, 0) is 9.53 Å². The normalized spacial score (nSPS) is 41.1. The average Bonchev–Trinajstić information content (AvgIpc) is 2.32. The molecule has 2 heteroatoms. The molecule has 4 rings (SSSR count). The summed E-state index contributed by atoms with van der Waals surface area (Å²) in [5.74, 6) is 2.88. The summed E-state index contributed by atoms with van der Waals surface area (Å²) in [6, 6.07) is 0. The summed E-state index contributed by atoms with van der Waals surface area (Å²) < 4.78 is 5.59. The average molecular weight is 250 g/mol. The Balaban J connectivity index is 1.54. The summed E-state index contributed by atoms with van der Waals surface area (Å²) >= 11 is 0. The van der Waals surface area contributed by atoms with Crippen LogP contribution in [0.15, 0.2) is 0 Å². The van der Waals surface area contributed by atoms with Gasteiger partial charge in [-0.2, -0.15) is 0 Å². The van der Waals surface area contributed by atoms with Crippen molar-refractivity contribution in [1.29, 1.82) is 0 Å². The summed E-state index contributed by atoms with van der Waals surface area (Å²) in [5, 5.41) is 0. The van der Waals surface area contributed by atoms with E-state index in [0.717, 1.165) is 37.2 Å². The second-order valence-corrected chi connectivity index (χ2v) is 7.18. The maximum Gasteiger partial charge on any atom is 0.305 e. The minimum atomic E-state index is 0.0348. The zero-order valence-electron chi connectivity index (χ0n) is 11.6. The first-order chi connectivity index (χ1) is 8.69. The van der Waals surface area contributed by atoms with Gasteiger partial charge in [-0.15, -0.1) is 0 Å². The highest BCUT2D eigenvalue weighted by molar-refractivity contribution is 5.69. The Kier molecular flexibility index (Phi) is 3.38. The second-order valence-electron chi connectivity index (χ2n) is 7.18. The summed E-state index contributed by atoms with van der Waals surface area (Å²) in [4.78, 5) is 11.7. The third-order valence-electron chi connectivity index (χ3n) is 5.44. The van der Waals surface area contributed by atoms with E-state index in [1.165, 1.54) is 38.5 Å². The molecule has 0 atom stereocenters. The zero-order valence-corrected chi connectivity index (χ0v) is 11.6. The third-order valence-corrected chi connectivity index (χ3v) is 5.44. The number of rotatable bonds is 5. The molecule has 0 N–H and O–H groups in total. The fourth-order valence-corrected chi connectivity index (χ4v) is 5.09. The monoisotopic (exact) mass is 250 g/mol. The molecule has 0 unspecified atom stereocenters. The van der Waals surface area contributed by atoms with Gasteiger partial charge in [0.25, 0.3) is 0 Å². The molecule has 2 nitrogen and oxygen atoms in total. The van der Waals surface area contributed by atoms with Crippen molar-refractivity contribution in [2.24, 2.45) is 23.2 Å². The van der Waals surface area contributed by atoms with Crippen LogP contribution in [0.5, 0.6) is 0 Å². The molecule has 0 aromatic carbocycles. The standard InChI is InChI=1S/C16H26O2/c1-2-3-4-15(17)18-11-16-8-12-5-13(9-16)7-14(6-12)10-16/h12-14H,2-11H2,1H3. The molecule has 0 spiro atoms. The van der Waals surface area contributed by atoms with Crippen LogP contribution in [0.2, 0.25) is 0 Å². The van der Waals surface area contributed by atoms with Crippen molar-refractivity contribution in [3.8, 4) is 0 Å². The van der Waals surface area contributed by atoms with E-state index in [1.54, 1.807) is 0 Å². The third kappa shape index (κ3) is 2.44. The number of unbranched alkanes of at least 4 members (excludes halogenated alkanes) is 1. The van der Waals surface area contributed by atoms with Gasteiger partial charge in [0, 0.05) is 11.8 Å². The van der Waals surface area contributed by atoms with Crippen LogP contribution >= 0.6 is 0 Å². The maximum atomic E-state index is 11.7. The Labute approximate surface area is 110 Å². The highest BCUT2D eigenvalue weighted by Gasteiger charge is 2.51. The number of hydrogen-bond acceptors (Lipinski definition) is 2. The maximum absolute atomic E-state index is 11.7. The van der Waals surface area contributed by atoms with Gasteiger partial charge >= 0.3 is 5.97 Å². The van der Waals surface area contributed by atoms with Crippen LogP contribution < -0.4 is 0 Å². The fourth-order valence-electron chi connectivity index (χ4n) is 5.09. The van der Waals surface area contributed by atoms with Gasteiger partial charge in [0.05, 0.1) is 6.61 Å². The van der Waals surface area contributed by atoms with Gasteiger partial charge in [0.1, 0.15) is 0 Å². The van der Waals surface area contributed by atoms with E-state index in [2.05, 4.69) is 6.92 Å². The lowest BCUT2D eigenvalue weighted by Crippen LogP contribution is -2.48. The summed E-state index contributed by atoms with van der Waals surface area (Å²) in [5.41, 5.74) is 0.386. The molecule has 0 heterocycles. The van der Waals surface area contributed by atoms with Gasteiger partial charge in [0.2, 0.25) is 0 Å². The quantitative estimate of drug-likeness (QED) is 0.691. The van der Waals surface area contributed by atoms with Gasteiger partial charge in [0.15, 0.2) is 0 Å². The van der Waals surface area contributed by atoms with Crippen molar-refractivity contribution in [2.45, 2.75) is 64.7 Å². The van der Waals surface area contributed by atoms with Crippen molar-refractivity contribution in [2.75, 3.05) is 6.61 Å². The predicted molar refractivity (Wildman–Crippen MR) is 71.1 cm³/mol. The van der Waals surface area contributed by atoms with Crippen LogP contribution in [0, 0.1) is 23.2 Å². The Morgan fingerprint density at radius 3 is 2.17 bits per heavy atom. The van der Waals surface area contributed by atoms with Gasteiger partial charge in [-0.05, 0) is 62.7 Å². The van der Waals surface area contributed by atoms with E-state index in [4.69, 9.17) is 4.74 Å². The van der Waals surface area contributed by atoms with Crippen molar-refractivity contribution < 1.29 is 9.53 Å². The predicted octanol–water partition coefficient (Wildman–Crippen LogP) is 3.94. The van der Waals surface area contributed by atoms with Gasteiger partial charge in [-0.25, -0.2) is 0 Å². The van der Waals surface area contributed by atoms with Crippen molar-refractivity contribution in [1.82, 2.24) is 0 Å². The molecular weight excluding hydrogens is 224 g/mol. The van der Waals surface area contributed by atoms with Crippen LogP contribution in [-0.4, -0.2) is 12.6 Å². The van der Waals surface area contributed by atoms with Gasteiger partial charge < -0.3 is 4.74 Å². The van der Waals surface area contributed by atoms with Crippen LogP contribution in [0.4, 0.5) is 0 Å². The lowest BCUT2D eigenvalue weighted by molar-refractivity contribution is -0.155. The van der Waals surface area contributed by atoms with E-state index < -0.39 is 0 Å². The van der Waals surface area contributed by atoms with E-state index in [1.807, 2.05) is 0 Å². The lowest BCUT2D eigenvalue weighted by Gasteiger charge is -2.56. The molecule has 0 aromatic heterocycles. The van der Waals surface area contributed by atoms with Crippen LogP contribution in [0.3, 0.4) is 0 Å². The fraction of sp³-hybridized carbons (Fsp3) is 0.938. The van der Waals surface area contributed by atoms with Gasteiger partial charge in [-0.1, -0.05) is 13.3 Å². The first kappa shape index (κ1) is 12.5. The van der Waals surface area contributed by atoms with E-state index >= 15 is 0 Å². The Bertz CT molecular complexity index is 286. The van der Waals surface area contributed by atoms with Gasteiger partial charge in [-0.3, -0.25) is 4.79 Å². The van der Waals surface area contributed by atoms with Crippen molar-refractivity contribution >= 4 is 5.97 Å². The minimum absolute atomic E-state index is 0.0348. The minimum Gasteiger partial charge on any atom is -0.465 e. The Morgan fingerprint density at radius 2 is 1.67 bits per heavy atom. The highest BCUT2D eigenvalue weighted by atomic mass is 16.5. The number of hydrogen-bond donors (Lipinski definition) is 0. The molecule has 0 radical (unpaired) electrons. The lowest BCUT2D eigenvalue weighted by atomic mass is 9.50. The number of esters is 1. The molecule has 0 amide bonds. The number of ether oxygens (including phenoxy) is 1. The first-order valence-corrected chi connectivity index (χ1v) is 7.85. The SMILES string of the molecule is CCCCC(=O)OCC12CC3CC(CC(C3)C1)C2.